The van der Waals surface area contributed by atoms with Crippen molar-refractivity contribution in [3.05, 3.63) is 29.3 Å². The molecule has 0 saturated heterocycles. The highest BCUT2D eigenvalue weighted by Crippen LogP contribution is 2.27. The molecular weight excluding hydrogens is 226 g/mol. The highest BCUT2D eigenvalue weighted by atomic mass is 16.3. The lowest BCUT2D eigenvalue weighted by atomic mass is 9.86. The largest absolute Gasteiger partial charge is 0.381 e. The molecule has 0 fully saturated rings. The summed E-state index contributed by atoms with van der Waals surface area (Å²) in [4.78, 5) is 11.8. The van der Waals surface area contributed by atoms with Crippen LogP contribution in [0.15, 0.2) is 18.2 Å². The molecule has 3 nitrogen and oxygen atoms in total. The topological polar surface area (TPSA) is 49.3 Å². The minimum Gasteiger partial charge on any atom is -0.381 e. The van der Waals surface area contributed by atoms with Crippen LogP contribution in [0, 0.1) is 6.92 Å². The lowest BCUT2D eigenvalue weighted by Crippen LogP contribution is -2.36. The Morgan fingerprint density at radius 2 is 1.72 bits per heavy atom. The van der Waals surface area contributed by atoms with Crippen molar-refractivity contribution in [3.63, 3.8) is 0 Å². The van der Waals surface area contributed by atoms with Gasteiger partial charge in [0.05, 0.1) is 0 Å². The van der Waals surface area contributed by atoms with Crippen molar-refractivity contribution >= 4 is 11.6 Å². The molecule has 1 rings (SSSR count). The highest BCUT2D eigenvalue weighted by molar-refractivity contribution is 5.97. The van der Waals surface area contributed by atoms with Crippen LogP contribution in [-0.2, 0) is 10.2 Å². The Labute approximate surface area is 109 Å². The van der Waals surface area contributed by atoms with E-state index >= 15 is 0 Å². The Hall–Kier alpha value is -1.35. The van der Waals surface area contributed by atoms with Gasteiger partial charge >= 0.3 is 0 Å². The zero-order valence-corrected chi connectivity index (χ0v) is 12.1. The molecule has 0 heterocycles. The first kappa shape index (κ1) is 14.7. The van der Waals surface area contributed by atoms with Crippen LogP contribution in [0.2, 0.25) is 0 Å². The second kappa shape index (κ2) is 4.73. The van der Waals surface area contributed by atoms with Crippen molar-refractivity contribution in [2.45, 2.75) is 52.6 Å². The zero-order valence-electron chi connectivity index (χ0n) is 12.1. The second-order valence-electron chi connectivity index (χ2n) is 6.29. The molecular formula is C15H23NO2. The van der Waals surface area contributed by atoms with Gasteiger partial charge in [-0.2, -0.15) is 0 Å². The van der Waals surface area contributed by atoms with Crippen LogP contribution in [0.1, 0.15) is 45.7 Å². The molecule has 0 aliphatic rings. The number of nitrogens with one attached hydrogen (secondary N) is 1. The molecule has 0 aliphatic heterocycles. The standard InChI is InChI=1S/C15H23NO2/c1-10-7-8-11(14(2,3)4)9-12(10)16-13(17)15(5,6)18/h7-9,18H,1-6H3,(H,16,17). The third kappa shape index (κ3) is 3.57. The third-order valence-electron chi connectivity index (χ3n) is 2.91. The first-order valence-electron chi connectivity index (χ1n) is 6.17. The van der Waals surface area contributed by atoms with Crippen LogP contribution >= 0.6 is 0 Å². The van der Waals surface area contributed by atoms with E-state index < -0.39 is 11.5 Å². The molecule has 0 spiro atoms. The summed E-state index contributed by atoms with van der Waals surface area (Å²) in [5.74, 6) is -0.392. The number of carbonyl (C=O) groups is 1. The number of hydrogen-bond acceptors (Lipinski definition) is 2. The molecule has 1 amide bonds. The molecule has 0 aromatic heterocycles. The number of rotatable bonds is 2. The molecule has 100 valence electrons. The summed E-state index contributed by atoms with van der Waals surface area (Å²) in [5.41, 5.74) is 1.56. The van der Waals surface area contributed by atoms with E-state index in [9.17, 15) is 9.90 Å². The Bertz CT molecular complexity index is 451. The lowest BCUT2D eigenvalue weighted by Gasteiger charge is -2.22. The van der Waals surface area contributed by atoms with E-state index in [4.69, 9.17) is 0 Å². The fourth-order valence-electron chi connectivity index (χ4n) is 1.50. The maximum absolute atomic E-state index is 11.8. The highest BCUT2D eigenvalue weighted by Gasteiger charge is 2.24. The van der Waals surface area contributed by atoms with Gasteiger partial charge in [0.25, 0.3) is 5.91 Å². The van der Waals surface area contributed by atoms with Crippen LogP contribution in [0.4, 0.5) is 5.69 Å². The predicted octanol–water partition coefficient (Wildman–Crippen LogP) is 3.00. The predicted molar refractivity (Wildman–Crippen MR) is 74.8 cm³/mol. The van der Waals surface area contributed by atoms with Crippen molar-refractivity contribution < 1.29 is 9.90 Å². The fraction of sp³-hybridized carbons (Fsp3) is 0.533. The number of anilines is 1. The van der Waals surface area contributed by atoms with Gasteiger partial charge in [0, 0.05) is 5.69 Å². The molecule has 2 N–H and O–H groups in total. The molecule has 18 heavy (non-hydrogen) atoms. The van der Waals surface area contributed by atoms with Crippen molar-refractivity contribution in [2.75, 3.05) is 5.32 Å². The van der Waals surface area contributed by atoms with Crippen LogP contribution in [0.5, 0.6) is 0 Å². The minimum atomic E-state index is -1.37. The van der Waals surface area contributed by atoms with Gasteiger partial charge in [-0.25, -0.2) is 0 Å². The van der Waals surface area contributed by atoms with Crippen molar-refractivity contribution in [2.24, 2.45) is 0 Å². The van der Waals surface area contributed by atoms with E-state index in [0.29, 0.717) is 0 Å². The molecule has 0 atom stereocenters. The summed E-state index contributed by atoms with van der Waals surface area (Å²) in [7, 11) is 0. The monoisotopic (exact) mass is 249 g/mol. The molecule has 3 heteroatoms. The van der Waals surface area contributed by atoms with Crippen LogP contribution in [-0.4, -0.2) is 16.6 Å². The van der Waals surface area contributed by atoms with Gasteiger partial charge in [-0.15, -0.1) is 0 Å². The van der Waals surface area contributed by atoms with Crippen molar-refractivity contribution in [1.82, 2.24) is 0 Å². The van der Waals surface area contributed by atoms with Gasteiger partial charge in [0.1, 0.15) is 5.60 Å². The van der Waals surface area contributed by atoms with E-state index in [1.807, 2.05) is 19.1 Å². The summed E-state index contributed by atoms with van der Waals surface area (Å²) in [6.45, 7) is 11.3. The van der Waals surface area contributed by atoms with Crippen molar-refractivity contribution in [3.8, 4) is 0 Å². The summed E-state index contributed by atoms with van der Waals surface area (Å²) in [6, 6.07) is 6.02. The summed E-state index contributed by atoms with van der Waals surface area (Å²) in [5, 5.41) is 12.4. The van der Waals surface area contributed by atoms with E-state index in [1.54, 1.807) is 0 Å². The average Bonchev–Trinajstić information content (AvgIpc) is 2.18. The van der Waals surface area contributed by atoms with E-state index in [0.717, 1.165) is 16.8 Å². The Balaban J connectivity index is 3.06. The third-order valence-corrected chi connectivity index (χ3v) is 2.91. The summed E-state index contributed by atoms with van der Waals surface area (Å²) < 4.78 is 0. The quantitative estimate of drug-likeness (QED) is 0.846. The van der Waals surface area contributed by atoms with Crippen LogP contribution in [0.25, 0.3) is 0 Å². The number of aliphatic hydroxyl groups is 1. The maximum atomic E-state index is 11.8. The molecule has 1 aromatic rings. The van der Waals surface area contributed by atoms with E-state index in [-0.39, 0.29) is 5.41 Å². The molecule has 1 aromatic carbocycles. The first-order chi connectivity index (χ1) is 8.01. The van der Waals surface area contributed by atoms with Crippen molar-refractivity contribution in [1.29, 1.82) is 0 Å². The zero-order chi connectivity index (χ0) is 14.1. The van der Waals surface area contributed by atoms with Gasteiger partial charge in [-0.05, 0) is 43.4 Å². The van der Waals surface area contributed by atoms with Crippen LogP contribution < -0.4 is 5.32 Å². The smallest absolute Gasteiger partial charge is 0.255 e. The summed E-state index contributed by atoms with van der Waals surface area (Å²) >= 11 is 0. The number of hydrogen-bond donors (Lipinski definition) is 2. The number of benzene rings is 1. The SMILES string of the molecule is Cc1ccc(C(C)(C)C)cc1NC(=O)C(C)(C)O. The molecule has 0 bridgehead atoms. The average molecular weight is 249 g/mol. The first-order valence-corrected chi connectivity index (χ1v) is 6.17. The summed E-state index contributed by atoms with van der Waals surface area (Å²) in [6.07, 6.45) is 0. The van der Waals surface area contributed by atoms with Gasteiger partial charge in [0.15, 0.2) is 0 Å². The Morgan fingerprint density at radius 1 is 1.17 bits per heavy atom. The molecule has 0 unspecified atom stereocenters. The molecule has 0 aliphatic carbocycles. The van der Waals surface area contributed by atoms with Crippen LogP contribution in [0.3, 0.4) is 0 Å². The maximum Gasteiger partial charge on any atom is 0.255 e. The number of carbonyl (C=O) groups excluding carboxylic acids is 1. The van der Waals surface area contributed by atoms with E-state index in [2.05, 4.69) is 32.2 Å². The number of aryl methyl sites for hydroxylation is 1. The Morgan fingerprint density at radius 3 is 2.17 bits per heavy atom. The van der Waals surface area contributed by atoms with Gasteiger partial charge in [-0.3, -0.25) is 4.79 Å². The van der Waals surface area contributed by atoms with Gasteiger partial charge in [0.2, 0.25) is 0 Å². The normalized spacial score (nSPS) is 12.4. The Kier molecular flexibility index (Phi) is 3.86. The second-order valence-corrected chi connectivity index (χ2v) is 6.29. The molecule has 0 radical (unpaired) electrons. The fourth-order valence-corrected chi connectivity index (χ4v) is 1.50. The minimum absolute atomic E-state index is 0.0297. The van der Waals surface area contributed by atoms with E-state index in [1.165, 1.54) is 13.8 Å². The lowest BCUT2D eigenvalue weighted by molar-refractivity contribution is -0.130. The molecule has 0 saturated carbocycles. The van der Waals surface area contributed by atoms with Gasteiger partial charge < -0.3 is 10.4 Å². The van der Waals surface area contributed by atoms with Gasteiger partial charge in [-0.1, -0.05) is 32.9 Å². The number of amides is 1.